The van der Waals surface area contributed by atoms with Gasteiger partial charge in [-0.25, -0.2) is 4.79 Å². The number of ketones is 2. The minimum atomic E-state index is -1.64. The van der Waals surface area contributed by atoms with Gasteiger partial charge in [-0.05, 0) is 85.8 Å². The number of phenols is 1. The molecule has 0 saturated heterocycles. The third-order valence-corrected chi connectivity index (χ3v) is 12.0. The van der Waals surface area contributed by atoms with E-state index in [4.69, 9.17) is 9.47 Å². The van der Waals surface area contributed by atoms with Crippen molar-refractivity contribution >= 4 is 35.1 Å². The Bertz CT molecular complexity index is 1550. The first-order valence-corrected chi connectivity index (χ1v) is 16.6. The predicted molar refractivity (Wildman–Crippen MR) is 169 cm³/mol. The fourth-order valence-electron chi connectivity index (χ4n) is 9.27. The highest BCUT2D eigenvalue weighted by Gasteiger charge is 2.66. The normalized spacial score (nSPS) is 31.3. The third kappa shape index (κ3) is 6.36. The summed E-state index contributed by atoms with van der Waals surface area (Å²) in [6.45, 7) is 3.64. The summed E-state index contributed by atoms with van der Waals surface area (Å²) in [5.41, 5.74) is -1.37. The molecule has 0 aliphatic heterocycles. The van der Waals surface area contributed by atoms with Gasteiger partial charge >= 0.3 is 17.6 Å². The summed E-state index contributed by atoms with van der Waals surface area (Å²) in [5.74, 6) is -2.36. The molecular formula is C35H44N2O11. The Morgan fingerprint density at radius 3 is 2.50 bits per heavy atom. The number of phenolic OH excluding ortho intramolecular Hbond substituents is 1. The summed E-state index contributed by atoms with van der Waals surface area (Å²) in [4.78, 5) is 73.5. The number of amides is 1. The topological polar surface area (TPSA) is 199 Å². The molecule has 7 atom stereocenters. The molecule has 13 nitrogen and oxygen atoms in total. The zero-order valence-electron chi connectivity index (χ0n) is 27.6. The molecule has 3 fully saturated rings. The minimum Gasteiger partial charge on any atom is -0.502 e. The van der Waals surface area contributed by atoms with Crippen LogP contribution in [0.4, 0.5) is 5.69 Å². The number of ether oxygens (including phenoxy) is 2. The van der Waals surface area contributed by atoms with Gasteiger partial charge in [-0.2, -0.15) is 0 Å². The van der Waals surface area contributed by atoms with Crippen LogP contribution in [0.5, 0.6) is 5.75 Å². The molecule has 4 aliphatic rings. The van der Waals surface area contributed by atoms with Crippen LogP contribution in [0.25, 0.3) is 0 Å². The fourth-order valence-corrected chi connectivity index (χ4v) is 9.27. The van der Waals surface area contributed by atoms with Gasteiger partial charge in [-0.15, -0.1) is 0 Å². The molecule has 48 heavy (non-hydrogen) atoms. The monoisotopic (exact) mass is 668 g/mol. The van der Waals surface area contributed by atoms with Gasteiger partial charge in [-0.3, -0.25) is 29.3 Å². The number of aromatic hydroxyl groups is 1. The van der Waals surface area contributed by atoms with E-state index in [2.05, 4.69) is 12.2 Å². The van der Waals surface area contributed by atoms with E-state index in [9.17, 15) is 44.3 Å². The Labute approximate surface area is 278 Å². The molecular weight excluding hydrogens is 624 g/mol. The van der Waals surface area contributed by atoms with Crippen LogP contribution in [0.3, 0.4) is 0 Å². The number of esters is 2. The molecule has 4 aliphatic carbocycles. The van der Waals surface area contributed by atoms with Crippen molar-refractivity contribution < 1.29 is 48.6 Å². The maximum absolute atomic E-state index is 13.5. The smallest absolute Gasteiger partial charge is 0.328 e. The van der Waals surface area contributed by atoms with E-state index in [1.54, 1.807) is 0 Å². The van der Waals surface area contributed by atoms with Crippen LogP contribution in [0, 0.1) is 38.7 Å². The molecule has 3 saturated carbocycles. The van der Waals surface area contributed by atoms with Crippen LogP contribution in [0.2, 0.25) is 0 Å². The number of Topliss-reactive ketones (excluding diaryl/α,β-unsaturated/α-hetero) is 1. The van der Waals surface area contributed by atoms with Crippen molar-refractivity contribution in [3.8, 4) is 5.75 Å². The second-order valence-electron chi connectivity index (χ2n) is 14.3. The van der Waals surface area contributed by atoms with Gasteiger partial charge in [0.1, 0.15) is 11.6 Å². The Balaban J connectivity index is 1.14. The van der Waals surface area contributed by atoms with Crippen LogP contribution >= 0.6 is 0 Å². The van der Waals surface area contributed by atoms with E-state index >= 15 is 0 Å². The number of allylic oxidation sites excluding steroid dienone is 1. The van der Waals surface area contributed by atoms with Crippen molar-refractivity contribution in [3.63, 3.8) is 0 Å². The zero-order chi connectivity index (χ0) is 35.0. The average Bonchev–Trinajstić information content (AvgIpc) is 3.34. The second-order valence-corrected chi connectivity index (χ2v) is 14.3. The number of benzene rings is 1. The summed E-state index contributed by atoms with van der Waals surface area (Å²) < 4.78 is 9.97. The first kappa shape index (κ1) is 35.2. The number of hydrogen-bond donors (Lipinski definition) is 3. The molecule has 6 unspecified atom stereocenters. The number of aliphatic hydroxyl groups is 1. The molecule has 1 amide bonds. The number of nitrogens with one attached hydrogen (secondary N) is 1. The number of rotatable bonds is 11. The summed E-state index contributed by atoms with van der Waals surface area (Å²) >= 11 is 0. The quantitative estimate of drug-likeness (QED) is 0.177. The van der Waals surface area contributed by atoms with Gasteiger partial charge in [0.2, 0.25) is 11.7 Å². The van der Waals surface area contributed by atoms with Crippen molar-refractivity contribution in [3.05, 3.63) is 45.5 Å². The highest BCUT2D eigenvalue weighted by molar-refractivity contribution is 5.92. The summed E-state index contributed by atoms with van der Waals surface area (Å²) in [5, 5.41) is 35.1. The standard InChI is InChI=1S/C35H44N2O11/c1-33-13-10-22(38)18-21(33)5-6-23-24(33)11-14-34(2)25(23)12-15-35(34,44)29(40)19-48-31(42)9-8-30(41)36-26(32(43)47-3)16-20-4-7-28(39)27(17-20)37(45)46/h4,7,17-18,23-26,39,44H,5-6,8-16,19H2,1-3H3,(H,36,41)/t23?,24?,25?,26?,33?,34?,35-/m0/s1. The van der Waals surface area contributed by atoms with E-state index in [1.165, 1.54) is 11.6 Å². The summed E-state index contributed by atoms with van der Waals surface area (Å²) in [7, 11) is 1.12. The van der Waals surface area contributed by atoms with E-state index < -0.39 is 70.1 Å². The third-order valence-electron chi connectivity index (χ3n) is 12.0. The molecule has 0 bridgehead atoms. The lowest BCUT2D eigenvalue weighted by Gasteiger charge is -2.58. The zero-order valence-corrected chi connectivity index (χ0v) is 27.6. The van der Waals surface area contributed by atoms with Crippen molar-refractivity contribution in [2.45, 2.75) is 96.1 Å². The molecule has 0 spiro atoms. The second kappa shape index (κ2) is 13.4. The average molecular weight is 669 g/mol. The van der Waals surface area contributed by atoms with Crippen molar-refractivity contribution in [1.82, 2.24) is 5.32 Å². The Kier molecular flexibility index (Phi) is 9.83. The summed E-state index contributed by atoms with van der Waals surface area (Å²) in [6, 6.07) is 2.34. The van der Waals surface area contributed by atoms with Gasteiger partial charge < -0.3 is 25.0 Å². The number of hydrogen-bond acceptors (Lipinski definition) is 11. The number of fused-ring (bicyclic) bond motifs is 5. The number of nitro groups is 1. The van der Waals surface area contributed by atoms with E-state index in [0.717, 1.165) is 44.9 Å². The first-order chi connectivity index (χ1) is 22.6. The Morgan fingerprint density at radius 1 is 1.06 bits per heavy atom. The number of nitro benzene ring substituents is 1. The first-order valence-electron chi connectivity index (χ1n) is 16.6. The van der Waals surface area contributed by atoms with E-state index in [-0.39, 0.29) is 41.9 Å². The van der Waals surface area contributed by atoms with Crippen LogP contribution in [0.15, 0.2) is 29.8 Å². The number of carbonyl (C=O) groups excluding carboxylic acids is 5. The lowest BCUT2D eigenvalue weighted by atomic mass is 9.46. The van der Waals surface area contributed by atoms with Crippen molar-refractivity contribution in [1.29, 1.82) is 0 Å². The summed E-state index contributed by atoms with van der Waals surface area (Å²) in [6.07, 6.45) is 6.57. The molecule has 260 valence electrons. The highest BCUT2D eigenvalue weighted by Crippen LogP contribution is 2.67. The molecule has 13 heteroatoms. The molecule has 5 rings (SSSR count). The highest BCUT2D eigenvalue weighted by atomic mass is 16.6. The fraction of sp³-hybridized carbons (Fsp3) is 0.629. The lowest BCUT2D eigenvalue weighted by molar-refractivity contribution is -0.385. The van der Waals surface area contributed by atoms with Gasteiger partial charge in [0.25, 0.3) is 0 Å². The van der Waals surface area contributed by atoms with Crippen LogP contribution in [-0.2, 0) is 39.9 Å². The maximum Gasteiger partial charge on any atom is 0.328 e. The Hall–Kier alpha value is -4.13. The van der Waals surface area contributed by atoms with Gasteiger partial charge in [-0.1, -0.05) is 25.5 Å². The van der Waals surface area contributed by atoms with Gasteiger partial charge in [0, 0.05) is 30.7 Å². The predicted octanol–water partition coefficient (Wildman–Crippen LogP) is 3.66. The number of methoxy groups -OCH3 is 1. The number of nitrogens with zero attached hydrogens (tertiary/aromatic N) is 1. The molecule has 0 heterocycles. The minimum absolute atomic E-state index is 0.0339. The van der Waals surface area contributed by atoms with E-state index in [1.807, 2.05) is 13.0 Å². The Morgan fingerprint density at radius 2 is 1.79 bits per heavy atom. The number of carbonyl (C=O) groups is 5. The molecule has 3 N–H and O–H groups in total. The van der Waals surface area contributed by atoms with Crippen LogP contribution in [0.1, 0.15) is 83.6 Å². The van der Waals surface area contributed by atoms with Crippen molar-refractivity contribution in [2.24, 2.45) is 28.6 Å². The largest absolute Gasteiger partial charge is 0.502 e. The van der Waals surface area contributed by atoms with Crippen LogP contribution < -0.4 is 5.32 Å². The molecule has 0 radical (unpaired) electrons. The SMILES string of the molecule is COC(=O)C(Cc1ccc(O)c([N+](=O)[O-])c1)NC(=O)CCC(=O)OCC(=O)[C@@]1(O)CCC2C3CCC4=CC(=O)CCC4(C)C3CCC21C. The maximum atomic E-state index is 13.5. The van der Waals surface area contributed by atoms with Gasteiger partial charge in [0.15, 0.2) is 18.1 Å². The van der Waals surface area contributed by atoms with Crippen molar-refractivity contribution in [2.75, 3.05) is 13.7 Å². The molecule has 1 aromatic rings. The van der Waals surface area contributed by atoms with Crippen LogP contribution in [-0.4, -0.2) is 69.9 Å². The lowest BCUT2D eigenvalue weighted by Crippen LogP contribution is -2.58. The van der Waals surface area contributed by atoms with E-state index in [0.29, 0.717) is 31.1 Å². The molecule has 0 aromatic heterocycles. The van der Waals surface area contributed by atoms with Gasteiger partial charge in [0.05, 0.1) is 18.5 Å². The molecule has 1 aromatic carbocycles.